The van der Waals surface area contributed by atoms with Gasteiger partial charge in [0.1, 0.15) is 17.7 Å². The molecule has 46 heavy (non-hydrogen) atoms. The molecule has 2 amide bonds. The third kappa shape index (κ3) is 7.09. The molecule has 10 nitrogen and oxygen atoms in total. The molecule has 4 heterocycles. The van der Waals surface area contributed by atoms with Gasteiger partial charge in [-0.15, -0.1) is 0 Å². The number of imidazole rings is 2. The Morgan fingerprint density at radius 2 is 1.50 bits per heavy atom. The van der Waals surface area contributed by atoms with Gasteiger partial charge < -0.3 is 30.2 Å². The summed E-state index contributed by atoms with van der Waals surface area (Å²) in [6, 6.07) is 14.8. The van der Waals surface area contributed by atoms with Crippen LogP contribution >= 0.6 is 0 Å². The highest BCUT2D eigenvalue weighted by molar-refractivity contribution is 5.86. The minimum Gasteiger partial charge on any atom is -0.453 e. The zero-order chi connectivity index (χ0) is 32.3. The van der Waals surface area contributed by atoms with E-state index in [1.54, 1.807) is 6.20 Å². The van der Waals surface area contributed by atoms with Gasteiger partial charge in [0.15, 0.2) is 0 Å². The Balaban J connectivity index is 1.12. The van der Waals surface area contributed by atoms with Crippen molar-refractivity contribution in [1.82, 2.24) is 35.5 Å². The number of benzene rings is 2. The summed E-state index contributed by atoms with van der Waals surface area (Å²) in [5.74, 6) is 0.921. The Labute approximate surface area is 264 Å². The van der Waals surface area contributed by atoms with Crippen LogP contribution in [0, 0.1) is 0 Å². The first kappa shape index (κ1) is 31.3. The highest BCUT2D eigenvalue weighted by Crippen LogP contribution is 2.34. The lowest BCUT2D eigenvalue weighted by Crippen LogP contribution is -2.48. The van der Waals surface area contributed by atoms with Crippen LogP contribution in [0.25, 0.3) is 33.6 Å². The van der Waals surface area contributed by atoms with Crippen LogP contribution < -0.4 is 10.6 Å². The van der Waals surface area contributed by atoms with E-state index in [0.29, 0.717) is 25.2 Å². The molecular formula is C33H36F3N7O3. The van der Waals surface area contributed by atoms with Crippen molar-refractivity contribution in [1.29, 1.82) is 0 Å². The topological polar surface area (TPSA) is 128 Å². The fraction of sp³-hybridized carbons (Fsp3) is 0.394. The molecule has 2 aromatic carbocycles. The minimum absolute atomic E-state index is 0.288. The van der Waals surface area contributed by atoms with Crippen LogP contribution in [0.2, 0.25) is 0 Å². The third-order valence-corrected chi connectivity index (χ3v) is 8.65. The molecule has 3 atom stereocenters. The molecule has 0 spiro atoms. The van der Waals surface area contributed by atoms with Crippen molar-refractivity contribution in [3.05, 3.63) is 72.6 Å². The molecule has 2 aromatic heterocycles. The normalized spacial score (nSPS) is 18.9. The molecule has 2 aliphatic rings. The van der Waals surface area contributed by atoms with Crippen molar-refractivity contribution in [3.8, 4) is 33.6 Å². The molecule has 13 heteroatoms. The Morgan fingerprint density at radius 3 is 2.07 bits per heavy atom. The number of alkyl carbamates (subject to hydrolysis) is 1. The Hall–Kier alpha value is -4.65. The third-order valence-electron chi connectivity index (χ3n) is 8.65. The van der Waals surface area contributed by atoms with E-state index in [9.17, 15) is 22.8 Å². The Bertz CT molecular complexity index is 1640. The SMILES string of the molecule is COC(=O)NC(CCC(F)(F)F)C(=O)N1CCC[C@H]1c1ncc(-c2ccc(-c3ccc(-c4cnc([C@@H]5CCCN5)[nH]4)cc3)cc2)[nH]1. The lowest BCUT2D eigenvalue weighted by molar-refractivity contribution is -0.143. The molecule has 242 valence electrons. The summed E-state index contributed by atoms with van der Waals surface area (Å²) in [5.41, 5.74) is 5.82. The number of alkyl halides is 3. The molecule has 1 unspecified atom stereocenters. The van der Waals surface area contributed by atoms with Crippen LogP contribution in [-0.4, -0.2) is 69.3 Å². The van der Waals surface area contributed by atoms with E-state index in [1.165, 1.54) is 4.90 Å². The fourth-order valence-corrected chi connectivity index (χ4v) is 6.20. The molecule has 2 aliphatic heterocycles. The van der Waals surface area contributed by atoms with Gasteiger partial charge in [-0.25, -0.2) is 14.8 Å². The summed E-state index contributed by atoms with van der Waals surface area (Å²) in [6.07, 6.45) is -0.152. The number of likely N-dealkylation sites (tertiary alicyclic amines) is 1. The van der Waals surface area contributed by atoms with Gasteiger partial charge in [-0.1, -0.05) is 48.5 Å². The quantitative estimate of drug-likeness (QED) is 0.171. The van der Waals surface area contributed by atoms with Crippen molar-refractivity contribution in [3.63, 3.8) is 0 Å². The number of methoxy groups -OCH3 is 1. The summed E-state index contributed by atoms with van der Waals surface area (Å²) in [5, 5.41) is 5.73. The minimum atomic E-state index is -4.47. The van der Waals surface area contributed by atoms with Crippen LogP contribution in [-0.2, 0) is 9.53 Å². The number of ether oxygens (including phenoxy) is 1. The largest absolute Gasteiger partial charge is 0.453 e. The summed E-state index contributed by atoms with van der Waals surface area (Å²) in [4.78, 5) is 42.5. The first-order valence-electron chi connectivity index (χ1n) is 15.4. The predicted octanol–water partition coefficient (Wildman–Crippen LogP) is 6.29. The first-order valence-corrected chi connectivity index (χ1v) is 15.4. The molecule has 2 fully saturated rings. The summed E-state index contributed by atoms with van der Waals surface area (Å²) in [6.45, 7) is 1.36. The maximum atomic E-state index is 13.3. The zero-order valence-electron chi connectivity index (χ0n) is 25.4. The van der Waals surface area contributed by atoms with Gasteiger partial charge in [0.2, 0.25) is 5.91 Å². The lowest BCUT2D eigenvalue weighted by Gasteiger charge is -2.28. The summed E-state index contributed by atoms with van der Waals surface area (Å²) in [7, 11) is 1.10. The summed E-state index contributed by atoms with van der Waals surface area (Å²) >= 11 is 0. The van der Waals surface area contributed by atoms with Gasteiger partial charge in [0.25, 0.3) is 0 Å². The van der Waals surface area contributed by atoms with Crippen LogP contribution in [0.3, 0.4) is 0 Å². The number of aromatic nitrogens is 4. The average molecular weight is 636 g/mol. The van der Waals surface area contributed by atoms with Gasteiger partial charge >= 0.3 is 12.3 Å². The van der Waals surface area contributed by atoms with Crippen LogP contribution in [0.1, 0.15) is 62.3 Å². The van der Waals surface area contributed by atoms with Crippen molar-refractivity contribution in [2.75, 3.05) is 20.2 Å². The molecule has 6 rings (SSSR count). The summed E-state index contributed by atoms with van der Waals surface area (Å²) < 4.78 is 43.4. The van der Waals surface area contributed by atoms with E-state index in [4.69, 9.17) is 0 Å². The van der Waals surface area contributed by atoms with Gasteiger partial charge in [-0.05, 0) is 60.9 Å². The number of hydrogen-bond donors (Lipinski definition) is 4. The van der Waals surface area contributed by atoms with Crippen molar-refractivity contribution in [2.24, 2.45) is 0 Å². The fourth-order valence-electron chi connectivity index (χ4n) is 6.20. The van der Waals surface area contributed by atoms with E-state index in [2.05, 4.69) is 59.6 Å². The van der Waals surface area contributed by atoms with E-state index < -0.39 is 43.1 Å². The van der Waals surface area contributed by atoms with Gasteiger partial charge in [0.05, 0.1) is 43.0 Å². The molecule has 0 saturated carbocycles. The number of amides is 2. The molecule has 0 bridgehead atoms. The smallest absolute Gasteiger partial charge is 0.407 e. The first-order chi connectivity index (χ1) is 22.2. The number of rotatable bonds is 9. The second kappa shape index (κ2) is 13.4. The van der Waals surface area contributed by atoms with E-state index in [-0.39, 0.29) is 6.04 Å². The van der Waals surface area contributed by atoms with Crippen molar-refractivity contribution in [2.45, 2.75) is 62.8 Å². The number of carbonyl (C=O) groups excluding carboxylic acids is 2. The Kier molecular flexibility index (Phi) is 9.11. The zero-order valence-corrected chi connectivity index (χ0v) is 25.4. The van der Waals surface area contributed by atoms with E-state index in [1.807, 2.05) is 30.5 Å². The molecule has 4 aromatic rings. The van der Waals surface area contributed by atoms with E-state index in [0.717, 1.165) is 66.0 Å². The number of nitrogens with zero attached hydrogens (tertiary/aromatic N) is 3. The monoisotopic (exact) mass is 635 g/mol. The second-order valence-electron chi connectivity index (χ2n) is 11.7. The van der Waals surface area contributed by atoms with Gasteiger partial charge in [-0.2, -0.15) is 13.2 Å². The number of hydrogen-bond acceptors (Lipinski definition) is 6. The van der Waals surface area contributed by atoms with Crippen molar-refractivity contribution >= 4 is 12.0 Å². The average Bonchev–Trinajstić information content (AvgIpc) is 3.89. The molecule has 0 aliphatic carbocycles. The Morgan fingerprint density at radius 1 is 0.913 bits per heavy atom. The number of nitrogens with one attached hydrogen (secondary N) is 4. The molecule has 4 N–H and O–H groups in total. The standard InChI is InChI=1S/C33H36F3N7O3/c1-46-32(45)42-25(14-15-33(34,35)36)31(44)43-17-3-5-28(43)30-39-19-27(41-30)23-12-8-21(9-13-23)20-6-10-22(11-7-20)26-18-38-29(40-26)24-4-2-16-37-24/h6-13,18-19,24-25,28,37H,2-5,14-17H2,1H3,(H,38,40)(H,39,41)(H,42,45)/t24-,25?,28-/m0/s1. The number of aromatic amines is 2. The maximum absolute atomic E-state index is 13.3. The van der Waals surface area contributed by atoms with Crippen LogP contribution in [0.4, 0.5) is 18.0 Å². The predicted molar refractivity (Wildman–Crippen MR) is 165 cm³/mol. The van der Waals surface area contributed by atoms with Gasteiger partial charge in [-0.3, -0.25) is 4.79 Å². The molecule has 2 saturated heterocycles. The molecular weight excluding hydrogens is 599 g/mol. The number of halogens is 3. The highest BCUT2D eigenvalue weighted by atomic mass is 19.4. The highest BCUT2D eigenvalue weighted by Gasteiger charge is 2.38. The lowest BCUT2D eigenvalue weighted by atomic mass is 10.0. The number of carbonyl (C=O) groups is 2. The van der Waals surface area contributed by atoms with Gasteiger partial charge in [0, 0.05) is 13.0 Å². The molecule has 0 radical (unpaired) electrons. The second-order valence-corrected chi connectivity index (χ2v) is 11.7. The van der Waals surface area contributed by atoms with Crippen LogP contribution in [0.15, 0.2) is 60.9 Å². The van der Waals surface area contributed by atoms with Crippen molar-refractivity contribution < 1.29 is 27.5 Å². The number of H-pyrrole nitrogens is 2. The van der Waals surface area contributed by atoms with E-state index >= 15 is 0 Å². The maximum Gasteiger partial charge on any atom is 0.407 e. The van der Waals surface area contributed by atoms with Crippen LogP contribution in [0.5, 0.6) is 0 Å².